The van der Waals surface area contributed by atoms with Gasteiger partial charge in [-0.25, -0.2) is 0 Å². The summed E-state index contributed by atoms with van der Waals surface area (Å²) in [6.45, 7) is 10.0. The topological polar surface area (TPSA) is 29.1 Å². The molecule has 0 fully saturated rings. The Balaban J connectivity index is 0.000000331. The van der Waals surface area contributed by atoms with Crippen LogP contribution in [0.5, 0.6) is 0 Å². The third-order valence-corrected chi connectivity index (χ3v) is 2.79. The molecular weight excluding hydrogens is 222 g/mol. The lowest BCUT2D eigenvalue weighted by Gasteiger charge is -2.14. The Morgan fingerprint density at radius 1 is 1.06 bits per heavy atom. The van der Waals surface area contributed by atoms with Gasteiger partial charge in [0, 0.05) is 12.5 Å². The van der Waals surface area contributed by atoms with Crippen molar-refractivity contribution in [2.24, 2.45) is 5.41 Å². The second-order valence-electron chi connectivity index (χ2n) is 5.30. The van der Waals surface area contributed by atoms with Gasteiger partial charge in [-0.2, -0.15) is 0 Å². The fourth-order valence-electron chi connectivity index (χ4n) is 1.62. The quantitative estimate of drug-likeness (QED) is 0.852. The smallest absolute Gasteiger partial charge is 0.225 e. The lowest BCUT2D eigenvalue weighted by molar-refractivity contribution is -0.127. The molecule has 0 atom stereocenters. The van der Waals surface area contributed by atoms with Crippen molar-refractivity contribution in [3.8, 4) is 0 Å². The van der Waals surface area contributed by atoms with Crippen LogP contribution in [-0.2, 0) is 17.6 Å². The van der Waals surface area contributed by atoms with Gasteiger partial charge in [-0.1, -0.05) is 58.9 Å². The summed E-state index contributed by atoms with van der Waals surface area (Å²) in [5, 5.41) is 2.57. The Hall–Kier alpha value is -1.31. The van der Waals surface area contributed by atoms with Gasteiger partial charge in [-0.05, 0) is 24.0 Å². The molecule has 0 spiro atoms. The molecule has 0 heterocycles. The molecule has 0 saturated carbocycles. The van der Waals surface area contributed by atoms with Crippen LogP contribution >= 0.6 is 0 Å². The van der Waals surface area contributed by atoms with Crippen molar-refractivity contribution in [1.29, 1.82) is 0 Å². The lowest BCUT2D eigenvalue weighted by Crippen LogP contribution is -2.31. The first-order valence-corrected chi connectivity index (χ1v) is 6.65. The fourth-order valence-corrected chi connectivity index (χ4v) is 1.62. The highest BCUT2D eigenvalue weighted by Gasteiger charge is 2.18. The zero-order valence-corrected chi connectivity index (χ0v) is 12.6. The van der Waals surface area contributed by atoms with Crippen LogP contribution in [0.2, 0.25) is 0 Å². The summed E-state index contributed by atoms with van der Waals surface area (Å²) in [7, 11) is 1.65. The van der Waals surface area contributed by atoms with E-state index in [0.717, 1.165) is 12.8 Å². The van der Waals surface area contributed by atoms with Crippen molar-refractivity contribution in [2.75, 3.05) is 7.05 Å². The predicted octanol–water partition coefficient (Wildman–Crippen LogP) is 3.59. The molecule has 0 aliphatic carbocycles. The first-order valence-electron chi connectivity index (χ1n) is 6.65. The summed E-state index contributed by atoms with van der Waals surface area (Å²) in [6.07, 6.45) is 2.31. The molecule has 0 unspecified atom stereocenters. The van der Waals surface area contributed by atoms with Crippen LogP contribution in [-0.4, -0.2) is 13.0 Å². The Morgan fingerprint density at radius 2 is 1.44 bits per heavy atom. The van der Waals surface area contributed by atoms with E-state index in [2.05, 4.69) is 43.4 Å². The molecule has 0 saturated heterocycles. The second kappa shape index (κ2) is 7.91. The molecule has 0 bridgehead atoms. The highest BCUT2D eigenvalue weighted by Crippen LogP contribution is 2.11. The molecule has 1 aromatic carbocycles. The lowest BCUT2D eigenvalue weighted by atomic mass is 9.96. The van der Waals surface area contributed by atoms with E-state index in [1.165, 1.54) is 11.1 Å². The van der Waals surface area contributed by atoms with Gasteiger partial charge in [0.15, 0.2) is 0 Å². The van der Waals surface area contributed by atoms with E-state index in [4.69, 9.17) is 0 Å². The van der Waals surface area contributed by atoms with Crippen molar-refractivity contribution in [3.63, 3.8) is 0 Å². The highest BCUT2D eigenvalue weighted by molar-refractivity contribution is 5.80. The molecule has 1 rings (SSSR count). The maximum Gasteiger partial charge on any atom is 0.225 e. The first-order chi connectivity index (χ1) is 8.36. The number of rotatable bonds is 2. The summed E-state index contributed by atoms with van der Waals surface area (Å²) >= 11 is 0. The number of hydrogen-bond acceptors (Lipinski definition) is 1. The number of carbonyl (C=O) groups excluding carboxylic acids is 1. The molecule has 1 aromatic rings. The Bertz CT molecular complexity index is 341. The molecule has 1 amide bonds. The Kier molecular flexibility index (Phi) is 7.33. The van der Waals surface area contributed by atoms with Crippen molar-refractivity contribution in [2.45, 2.75) is 47.5 Å². The fraction of sp³-hybridized carbons (Fsp3) is 0.562. The number of carbonyl (C=O) groups is 1. The number of aryl methyl sites for hydroxylation is 2. The minimum Gasteiger partial charge on any atom is -0.359 e. The zero-order chi connectivity index (χ0) is 14.2. The second-order valence-corrected chi connectivity index (χ2v) is 5.30. The number of amides is 1. The molecule has 1 N–H and O–H groups in total. The summed E-state index contributed by atoms with van der Waals surface area (Å²) in [5.41, 5.74) is 2.74. The minimum atomic E-state index is -0.241. The van der Waals surface area contributed by atoms with E-state index in [-0.39, 0.29) is 11.3 Å². The van der Waals surface area contributed by atoms with E-state index >= 15 is 0 Å². The van der Waals surface area contributed by atoms with Crippen LogP contribution in [0.4, 0.5) is 0 Å². The standard InChI is InChI=1S/C10H14.C6H13NO/c1-3-9-7-5-6-8-10(9)4-2;1-6(2,3)5(8)7-4/h5-8H,3-4H2,1-2H3;1-4H3,(H,7,8). The normalized spacial score (nSPS) is 10.3. The van der Waals surface area contributed by atoms with E-state index in [9.17, 15) is 4.79 Å². The van der Waals surface area contributed by atoms with Crippen LogP contribution < -0.4 is 5.32 Å². The minimum absolute atomic E-state index is 0.0810. The average molecular weight is 249 g/mol. The van der Waals surface area contributed by atoms with Crippen LogP contribution in [0.3, 0.4) is 0 Å². The van der Waals surface area contributed by atoms with Crippen LogP contribution in [0.25, 0.3) is 0 Å². The maximum atomic E-state index is 10.7. The Morgan fingerprint density at radius 3 is 1.61 bits per heavy atom. The van der Waals surface area contributed by atoms with Crippen LogP contribution in [0.15, 0.2) is 24.3 Å². The molecular formula is C16H27NO. The van der Waals surface area contributed by atoms with Crippen molar-refractivity contribution in [1.82, 2.24) is 5.32 Å². The van der Waals surface area contributed by atoms with Gasteiger partial charge in [0.1, 0.15) is 0 Å². The van der Waals surface area contributed by atoms with Gasteiger partial charge in [-0.3, -0.25) is 4.79 Å². The maximum absolute atomic E-state index is 10.7. The van der Waals surface area contributed by atoms with Gasteiger partial charge in [-0.15, -0.1) is 0 Å². The number of benzene rings is 1. The van der Waals surface area contributed by atoms with Gasteiger partial charge in [0.25, 0.3) is 0 Å². The largest absolute Gasteiger partial charge is 0.359 e. The van der Waals surface area contributed by atoms with Crippen molar-refractivity contribution >= 4 is 5.91 Å². The third-order valence-electron chi connectivity index (χ3n) is 2.79. The van der Waals surface area contributed by atoms with Gasteiger partial charge >= 0.3 is 0 Å². The SMILES string of the molecule is CCc1ccccc1CC.CNC(=O)C(C)(C)C. The summed E-state index contributed by atoms with van der Waals surface area (Å²) in [6, 6.07) is 8.63. The van der Waals surface area contributed by atoms with Crippen LogP contribution in [0.1, 0.15) is 45.7 Å². The van der Waals surface area contributed by atoms with Gasteiger partial charge in [0.2, 0.25) is 5.91 Å². The number of nitrogens with one attached hydrogen (secondary N) is 1. The molecule has 102 valence electrons. The summed E-state index contributed by atoms with van der Waals surface area (Å²) in [4.78, 5) is 10.7. The van der Waals surface area contributed by atoms with Gasteiger partial charge < -0.3 is 5.32 Å². The highest BCUT2D eigenvalue weighted by atomic mass is 16.2. The molecule has 18 heavy (non-hydrogen) atoms. The first kappa shape index (κ1) is 16.7. The molecule has 0 radical (unpaired) electrons. The van der Waals surface area contributed by atoms with Crippen molar-refractivity contribution in [3.05, 3.63) is 35.4 Å². The predicted molar refractivity (Wildman–Crippen MR) is 78.7 cm³/mol. The molecule has 0 aromatic heterocycles. The number of hydrogen-bond donors (Lipinski definition) is 1. The third kappa shape index (κ3) is 5.85. The monoisotopic (exact) mass is 249 g/mol. The molecule has 2 nitrogen and oxygen atoms in total. The van der Waals surface area contributed by atoms with Crippen molar-refractivity contribution < 1.29 is 4.79 Å². The van der Waals surface area contributed by atoms with E-state index in [1.807, 2.05) is 20.8 Å². The molecule has 0 aliphatic rings. The van der Waals surface area contributed by atoms with E-state index < -0.39 is 0 Å². The Labute approximate surface area is 112 Å². The molecule has 0 aliphatic heterocycles. The average Bonchev–Trinajstić information content (AvgIpc) is 2.37. The summed E-state index contributed by atoms with van der Waals surface area (Å²) < 4.78 is 0. The van der Waals surface area contributed by atoms with Crippen LogP contribution in [0, 0.1) is 5.41 Å². The molecule has 2 heteroatoms. The zero-order valence-electron chi connectivity index (χ0n) is 12.6. The summed E-state index contributed by atoms with van der Waals surface area (Å²) in [5.74, 6) is 0.0810. The van der Waals surface area contributed by atoms with E-state index in [0.29, 0.717) is 0 Å². The van der Waals surface area contributed by atoms with E-state index in [1.54, 1.807) is 7.05 Å². The van der Waals surface area contributed by atoms with Gasteiger partial charge in [0.05, 0.1) is 0 Å².